The van der Waals surface area contributed by atoms with Crippen LogP contribution < -0.4 is 5.73 Å². The molecule has 0 atom stereocenters. The number of thiazole rings is 1. The summed E-state index contributed by atoms with van der Waals surface area (Å²) in [6, 6.07) is 0. The van der Waals surface area contributed by atoms with Gasteiger partial charge in [0.2, 0.25) is 0 Å². The van der Waals surface area contributed by atoms with Crippen LogP contribution in [0.4, 0.5) is 0 Å². The molecule has 2 heterocycles. The number of hydrogen-bond acceptors (Lipinski definition) is 5. The number of aromatic nitrogens is 3. The largest absolute Gasteiger partial charge is 0.338 e. The molecule has 0 radical (unpaired) electrons. The van der Waals surface area contributed by atoms with Gasteiger partial charge in [0.15, 0.2) is 5.78 Å². The van der Waals surface area contributed by atoms with E-state index in [2.05, 4.69) is 9.97 Å². The summed E-state index contributed by atoms with van der Waals surface area (Å²) in [4.78, 5) is 20.2. The van der Waals surface area contributed by atoms with Crippen LogP contribution in [0.15, 0.2) is 17.8 Å². The number of rotatable bonds is 5. The number of carbonyl (C=O) groups is 1. The summed E-state index contributed by atoms with van der Waals surface area (Å²) < 4.78 is 1.92. The Morgan fingerprint density at radius 2 is 2.41 bits per heavy atom. The predicted octanol–water partition coefficient (Wildman–Crippen LogP) is 1.15. The average molecular weight is 250 g/mol. The molecule has 0 aliphatic rings. The molecule has 0 saturated carbocycles. The zero-order chi connectivity index (χ0) is 12.3. The quantitative estimate of drug-likeness (QED) is 0.808. The number of imidazole rings is 1. The van der Waals surface area contributed by atoms with Gasteiger partial charge in [-0.1, -0.05) is 0 Å². The maximum atomic E-state index is 11.8. The first-order valence-corrected chi connectivity index (χ1v) is 6.22. The molecule has 0 unspecified atom stereocenters. The van der Waals surface area contributed by atoms with E-state index in [1.54, 1.807) is 11.6 Å². The van der Waals surface area contributed by atoms with E-state index in [1.165, 1.54) is 11.3 Å². The highest BCUT2D eigenvalue weighted by Gasteiger charge is 2.11. The highest BCUT2D eigenvalue weighted by molar-refractivity contribution is 7.09. The summed E-state index contributed by atoms with van der Waals surface area (Å²) in [5.41, 5.74) is 5.98. The van der Waals surface area contributed by atoms with E-state index in [9.17, 15) is 4.79 Å². The number of Topliss-reactive ketones (excluding diaryl/α,β-unsaturated/α-hetero) is 1. The van der Waals surface area contributed by atoms with Crippen molar-refractivity contribution >= 4 is 17.1 Å². The van der Waals surface area contributed by atoms with Crippen LogP contribution in [-0.2, 0) is 20.0 Å². The Morgan fingerprint density at radius 3 is 3.00 bits per heavy atom. The third-order valence-electron chi connectivity index (χ3n) is 2.51. The summed E-state index contributed by atoms with van der Waals surface area (Å²) in [7, 11) is 1.92. The van der Waals surface area contributed by atoms with Crippen molar-refractivity contribution in [3.05, 3.63) is 34.3 Å². The van der Waals surface area contributed by atoms with Gasteiger partial charge in [-0.15, -0.1) is 11.3 Å². The predicted molar refractivity (Wildman–Crippen MR) is 65.9 cm³/mol. The molecule has 5 nitrogen and oxygen atoms in total. The van der Waals surface area contributed by atoms with Crippen molar-refractivity contribution in [1.82, 2.24) is 14.5 Å². The normalized spacial score (nSPS) is 10.7. The second kappa shape index (κ2) is 5.20. The fraction of sp³-hybridized carbons (Fsp3) is 0.364. The van der Waals surface area contributed by atoms with Crippen molar-refractivity contribution in [2.75, 3.05) is 0 Å². The van der Waals surface area contributed by atoms with E-state index in [1.807, 2.05) is 17.8 Å². The molecule has 2 rings (SSSR count). The summed E-state index contributed by atoms with van der Waals surface area (Å²) in [5, 5.41) is 2.56. The van der Waals surface area contributed by atoms with Crippen LogP contribution >= 0.6 is 11.3 Å². The Balaban J connectivity index is 1.95. The molecule has 0 saturated heterocycles. The first-order valence-electron chi connectivity index (χ1n) is 5.34. The Morgan fingerprint density at radius 1 is 1.59 bits per heavy atom. The maximum absolute atomic E-state index is 11.8. The number of ketones is 1. The molecule has 0 spiro atoms. The van der Waals surface area contributed by atoms with Crippen LogP contribution in [-0.4, -0.2) is 20.3 Å². The SMILES string of the molecule is Cn1ccnc1CCC(=O)c1csc(CN)n1. The highest BCUT2D eigenvalue weighted by atomic mass is 32.1. The van der Waals surface area contributed by atoms with Crippen molar-refractivity contribution in [2.45, 2.75) is 19.4 Å². The molecule has 2 aromatic rings. The third-order valence-corrected chi connectivity index (χ3v) is 3.38. The Hall–Kier alpha value is -1.53. The highest BCUT2D eigenvalue weighted by Crippen LogP contribution is 2.12. The molecule has 2 N–H and O–H groups in total. The number of hydrogen-bond donors (Lipinski definition) is 1. The summed E-state index contributed by atoms with van der Waals surface area (Å²) in [6.45, 7) is 0.386. The fourth-order valence-corrected chi connectivity index (χ4v) is 2.20. The van der Waals surface area contributed by atoms with Gasteiger partial charge in [-0.25, -0.2) is 9.97 Å². The van der Waals surface area contributed by atoms with E-state index >= 15 is 0 Å². The minimum absolute atomic E-state index is 0.0453. The number of nitrogens with zero attached hydrogens (tertiary/aromatic N) is 3. The summed E-state index contributed by atoms with van der Waals surface area (Å²) in [5.74, 6) is 0.955. The van der Waals surface area contributed by atoms with Gasteiger partial charge in [-0.05, 0) is 0 Å². The van der Waals surface area contributed by atoms with Crippen LogP contribution in [0.3, 0.4) is 0 Å². The molecule has 0 bridgehead atoms. The Bertz CT molecular complexity index is 517. The van der Waals surface area contributed by atoms with E-state index in [-0.39, 0.29) is 5.78 Å². The molecule has 0 aliphatic heterocycles. The molecule has 17 heavy (non-hydrogen) atoms. The van der Waals surface area contributed by atoms with Crippen LogP contribution in [0.25, 0.3) is 0 Å². The smallest absolute Gasteiger partial charge is 0.182 e. The van der Waals surface area contributed by atoms with Gasteiger partial charge in [0.05, 0.1) is 0 Å². The van der Waals surface area contributed by atoms with Gasteiger partial charge < -0.3 is 10.3 Å². The lowest BCUT2D eigenvalue weighted by Crippen LogP contribution is -2.05. The summed E-state index contributed by atoms with van der Waals surface area (Å²) in [6.07, 6.45) is 4.67. The Kier molecular flexibility index (Phi) is 3.65. The van der Waals surface area contributed by atoms with E-state index in [4.69, 9.17) is 5.73 Å². The number of carbonyl (C=O) groups excluding carboxylic acids is 1. The first-order chi connectivity index (χ1) is 8.20. The second-order valence-corrected chi connectivity index (χ2v) is 4.65. The number of nitrogens with two attached hydrogens (primary N) is 1. The van der Waals surface area contributed by atoms with Gasteiger partial charge >= 0.3 is 0 Å². The minimum Gasteiger partial charge on any atom is -0.338 e. The third kappa shape index (κ3) is 2.78. The zero-order valence-corrected chi connectivity index (χ0v) is 10.4. The van der Waals surface area contributed by atoms with Crippen molar-refractivity contribution in [3.8, 4) is 0 Å². The maximum Gasteiger partial charge on any atom is 0.182 e. The fourth-order valence-electron chi connectivity index (χ4n) is 1.52. The molecule has 0 aliphatic carbocycles. The van der Waals surface area contributed by atoms with Gasteiger partial charge in [0.1, 0.15) is 16.5 Å². The van der Waals surface area contributed by atoms with Crippen molar-refractivity contribution in [2.24, 2.45) is 12.8 Å². The Labute approximate surface area is 103 Å². The van der Waals surface area contributed by atoms with Gasteiger partial charge in [0.25, 0.3) is 0 Å². The molecule has 0 amide bonds. The minimum atomic E-state index is 0.0453. The van der Waals surface area contributed by atoms with E-state index in [0.29, 0.717) is 25.1 Å². The van der Waals surface area contributed by atoms with Crippen LogP contribution in [0.5, 0.6) is 0 Å². The molecule has 0 aromatic carbocycles. The zero-order valence-electron chi connectivity index (χ0n) is 9.59. The van der Waals surface area contributed by atoms with Crippen LogP contribution in [0, 0.1) is 0 Å². The van der Waals surface area contributed by atoms with Crippen molar-refractivity contribution in [3.63, 3.8) is 0 Å². The van der Waals surface area contributed by atoms with Crippen molar-refractivity contribution < 1.29 is 4.79 Å². The average Bonchev–Trinajstić information content (AvgIpc) is 2.94. The topological polar surface area (TPSA) is 73.8 Å². The van der Waals surface area contributed by atoms with Crippen molar-refractivity contribution in [1.29, 1.82) is 0 Å². The van der Waals surface area contributed by atoms with Gasteiger partial charge in [-0.3, -0.25) is 4.79 Å². The molecular weight excluding hydrogens is 236 g/mol. The van der Waals surface area contributed by atoms with Crippen LogP contribution in [0.2, 0.25) is 0 Å². The van der Waals surface area contributed by atoms with Gasteiger partial charge in [-0.2, -0.15) is 0 Å². The number of aryl methyl sites for hydroxylation is 2. The lowest BCUT2D eigenvalue weighted by molar-refractivity contribution is 0.0977. The van der Waals surface area contributed by atoms with Gasteiger partial charge in [0, 0.05) is 44.2 Å². The lowest BCUT2D eigenvalue weighted by atomic mass is 10.2. The first kappa shape index (κ1) is 11.9. The van der Waals surface area contributed by atoms with Crippen LogP contribution in [0.1, 0.15) is 27.7 Å². The standard InChI is InChI=1S/C11H14N4OS/c1-15-5-4-13-10(15)3-2-9(16)8-7-17-11(6-12)14-8/h4-5,7H,2-3,6,12H2,1H3. The molecule has 90 valence electrons. The second-order valence-electron chi connectivity index (χ2n) is 3.71. The van der Waals surface area contributed by atoms with E-state index in [0.717, 1.165) is 10.8 Å². The molecule has 6 heteroatoms. The summed E-state index contributed by atoms with van der Waals surface area (Å²) >= 11 is 1.43. The molecular formula is C11H14N4OS. The molecule has 0 fully saturated rings. The molecule has 2 aromatic heterocycles. The van der Waals surface area contributed by atoms with E-state index < -0.39 is 0 Å². The lowest BCUT2D eigenvalue weighted by Gasteiger charge is -1.99. The monoisotopic (exact) mass is 250 g/mol.